The highest BCUT2D eigenvalue weighted by molar-refractivity contribution is 5.77. The number of carbonyl (C=O) groups is 2. The van der Waals surface area contributed by atoms with E-state index in [0.717, 1.165) is 0 Å². The molecule has 13 heavy (non-hydrogen) atoms. The lowest BCUT2D eigenvalue weighted by Crippen LogP contribution is -2.31. The summed E-state index contributed by atoms with van der Waals surface area (Å²) in [5.74, 6) is 0.659. The van der Waals surface area contributed by atoms with Gasteiger partial charge < -0.3 is 15.6 Å². The molecule has 0 bridgehead atoms. The first-order chi connectivity index (χ1) is 6.07. The predicted octanol–water partition coefficient (Wildman–Crippen LogP) is -0.298. The Morgan fingerprint density at radius 2 is 2.23 bits per heavy atom. The van der Waals surface area contributed by atoms with Crippen LogP contribution in [0.4, 0.5) is 0 Å². The molecule has 0 aromatic carbocycles. The van der Waals surface area contributed by atoms with Crippen LogP contribution >= 0.6 is 0 Å². The Bertz CT molecular complexity index is 251. The van der Waals surface area contributed by atoms with Crippen molar-refractivity contribution >= 4 is 11.9 Å². The molecular weight excluding hydrogens is 174 g/mol. The van der Waals surface area contributed by atoms with Crippen LogP contribution in [-0.2, 0) is 14.3 Å². The summed E-state index contributed by atoms with van der Waals surface area (Å²) in [7, 11) is 0. The van der Waals surface area contributed by atoms with Crippen LogP contribution in [0.5, 0.6) is 0 Å². The van der Waals surface area contributed by atoms with Gasteiger partial charge in [-0.05, 0) is 6.42 Å². The number of aliphatic carboxylic acids is 1. The zero-order valence-corrected chi connectivity index (χ0v) is 7.24. The molecule has 1 atom stereocenters. The molecule has 0 rings (SSSR count). The van der Waals surface area contributed by atoms with Crippen molar-refractivity contribution in [1.82, 2.24) is 0 Å². The smallest absolute Gasteiger partial charge is 0.336 e. The van der Waals surface area contributed by atoms with Crippen molar-refractivity contribution in [3.05, 3.63) is 0 Å². The molecule has 0 aliphatic heterocycles. The van der Waals surface area contributed by atoms with Gasteiger partial charge in [-0.15, -0.1) is 0 Å². The molecule has 0 spiro atoms. The number of ether oxygens (including phenoxy) is 1. The van der Waals surface area contributed by atoms with Crippen molar-refractivity contribution in [3.63, 3.8) is 0 Å². The second-order valence-electron chi connectivity index (χ2n) is 2.31. The van der Waals surface area contributed by atoms with E-state index in [1.807, 2.05) is 0 Å². The quantitative estimate of drug-likeness (QED) is 0.463. The second kappa shape index (κ2) is 6.03. The van der Waals surface area contributed by atoms with E-state index in [1.54, 1.807) is 0 Å². The van der Waals surface area contributed by atoms with Gasteiger partial charge in [-0.3, -0.25) is 4.79 Å². The molecule has 0 radical (unpaired) electrons. The Balaban J connectivity index is 3.80. The van der Waals surface area contributed by atoms with Crippen molar-refractivity contribution in [1.29, 1.82) is 0 Å². The average molecular weight is 185 g/mol. The average Bonchev–Trinajstić information content (AvgIpc) is 2.10. The fourth-order valence-corrected chi connectivity index (χ4v) is 0.574. The van der Waals surface area contributed by atoms with Crippen LogP contribution in [0.2, 0.25) is 0 Å². The molecule has 0 aliphatic carbocycles. The van der Waals surface area contributed by atoms with Crippen LogP contribution < -0.4 is 5.73 Å². The SMILES string of the molecule is CC#COC(=O)[C@@H](N)CCC(=O)O. The highest BCUT2D eigenvalue weighted by atomic mass is 16.5. The first-order valence-electron chi connectivity index (χ1n) is 3.67. The largest absolute Gasteiger partial charge is 0.481 e. The van der Waals surface area contributed by atoms with Crippen LogP contribution in [0.25, 0.3) is 0 Å². The Morgan fingerprint density at radius 3 is 2.69 bits per heavy atom. The summed E-state index contributed by atoms with van der Waals surface area (Å²) in [6, 6.07) is -0.919. The van der Waals surface area contributed by atoms with Gasteiger partial charge in [-0.1, -0.05) is 5.92 Å². The van der Waals surface area contributed by atoms with Crippen molar-refractivity contribution in [3.8, 4) is 12.0 Å². The van der Waals surface area contributed by atoms with Gasteiger partial charge in [0.2, 0.25) is 0 Å². The molecule has 72 valence electrons. The molecule has 0 saturated carbocycles. The van der Waals surface area contributed by atoms with E-state index in [-0.39, 0.29) is 12.8 Å². The van der Waals surface area contributed by atoms with Crippen molar-refractivity contribution in [2.24, 2.45) is 5.73 Å². The Morgan fingerprint density at radius 1 is 1.62 bits per heavy atom. The van der Waals surface area contributed by atoms with Gasteiger partial charge in [0.1, 0.15) is 12.1 Å². The van der Waals surface area contributed by atoms with Gasteiger partial charge in [0.15, 0.2) is 0 Å². The molecular formula is C8H11NO4. The molecule has 5 heteroatoms. The van der Waals surface area contributed by atoms with Crippen LogP contribution in [0.1, 0.15) is 19.8 Å². The summed E-state index contributed by atoms with van der Waals surface area (Å²) in [4.78, 5) is 21.0. The van der Waals surface area contributed by atoms with Crippen LogP contribution in [-0.4, -0.2) is 23.1 Å². The third kappa shape index (κ3) is 5.70. The lowest BCUT2D eigenvalue weighted by molar-refractivity contribution is -0.139. The van der Waals surface area contributed by atoms with Crippen molar-refractivity contribution in [2.45, 2.75) is 25.8 Å². The van der Waals surface area contributed by atoms with Gasteiger partial charge in [-0.2, -0.15) is 0 Å². The summed E-state index contributed by atoms with van der Waals surface area (Å²) in [5.41, 5.74) is 5.30. The standard InChI is InChI=1S/C8H11NO4/c1-2-5-13-8(12)6(9)3-4-7(10)11/h6H,3-4,9H2,1H3,(H,10,11)/t6-/m0/s1. The third-order valence-electron chi connectivity index (χ3n) is 1.23. The lowest BCUT2D eigenvalue weighted by Gasteiger charge is -2.04. The van der Waals surface area contributed by atoms with Gasteiger partial charge in [-0.25, -0.2) is 4.79 Å². The van der Waals surface area contributed by atoms with E-state index in [9.17, 15) is 9.59 Å². The molecule has 0 aromatic heterocycles. The Labute approximate surface area is 75.9 Å². The number of carbonyl (C=O) groups excluding carboxylic acids is 1. The number of hydrogen-bond donors (Lipinski definition) is 2. The fourth-order valence-electron chi connectivity index (χ4n) is 0.574. The molecule has 0 amide bonds. The lowest BCUT2D eigenvalue weighted by atomic mass is 10.2. The van der Waals surface area contributed by atoms with E-state index in [0.29, 0.717) is 0 Å². The van der Waals surface area contributed by atoms with E-state index >= 15 is 0 Å². The van der Waals surface area contributed by atoms with Gasteiger partial charge in [0.05, 0.1) is 0 Å². The maximum absolute atomic E-state index is 10.9. The normalized spacial score (nSPS) is 10.9. The highest BCUT2D eigenvalue weighted by Gasteiger charge is 2.15. The molecule has 0 heterocycles. The van der Waals surface area contributed by atoms with E-state index in [1.165, 1.54) is 6.92 Å². The van der Waals surface area contributed by atoms with Crippen molar-refractivity contribution < 1.29 is 19.4 Å². The first-order valence-corrected chi connectivity index (χ1v) is 3.67. The van der Waals surface area contributed by atoms with Gasteiger partial charge in [0, 0.05) is 13.3 Å². The molecule has 5 nitrogen and oxygen atoms in total. The minimum Gasteiger partial charge on any atom is -0.481 e. The predicted molar refractivity (Wildman–Crippen MR) is 44.4 cm³/mol. The van der Waals surface area contributed by atoms with E-state index < -0.39 is 18.0 Å². The monoisotopic (exact) mass is 185 g/mol. The summed E-state index contributed by atoms with van der Waals surface area (Å²) in [6.07, 6.45) is 1.99. The maximum Gasteiger partial charge on any atom is 0.336 e. The highest BCUT2D eigenvalue weighted by Crippen LogP contribution is 1.96. The third-order valence-corrected chi connectivity index (χ3v) is 1.23. The van der Waals surface area contributed by atoms with Crippen LogP contribution in [0.15, 0.2) is 0 Å². The van der Waals surface area contributed by atoms with E-state index in [2.05, 4.69) is 16.8 Å². The number of esters is 1. The molecule has 0 saturated heterocycles. The van der Waals surface area contributed by atoms with E-state index in [4.69, 9.17) is 10.8 Å². The number of hydrogen-bond acceptors (Lipinski definition) is 4. The van der Waals surface area contributed by atoms with Crippen LogP contribution in [0, 0.1) is 12.0 Å². The summed E-state index contributed by atoms with van der Waals surface area (Å²) in [6.45, 7) is 1.51. The first kappa shape index (κ1) is 11.5. The summed E-state index contributed by atoms with van der Waals surface area (Å²) >= 11 is 0. The minimum absolute atomic E-state index is 0.0551. The number of rotatable bonds is 4. The second-order valence-corrected chi connectivity index (χ2v) is 2.31. The molecule has 0 unspecified atom stereocenters. The minimum atomic E-state index is -0.996. The summed E-state index contributed by atoms with van der Waals surface area (Å²) in [5, 5.41) is 8.28. The fraction of sp³-hybridized carbons (Fsp3) is 0.500. The number of nitrogens with two attached hydrogens (primary N) is 1. The number of carboxylic acids is 1. The molecule has 0 aromatic rings. The topological polar surface area (TPSA) is 89.6 Å². The Hall–Kier alpha value is -1.54. The zero-order valence-electron chi connectivity index (χ0n) is 7.24. The van der Waals surface area contributed by atoms with Crippen LogP contribution in [0.3, 0.4) is 0 Å². The molecule has 0 aliphatic rings. The summed E-state index contributed by atoms with van der Waals surface area (Å²) < 4.78 is 4.37. The molecule has 0 fully saturated rings. The number of carboxylic acid groups (broad SMARTS) is 1. The van der Waals surface area contributed by atoms with Crippen molar-refractivity contribution in [2.75, 3.05) is 0 Å². The zero-order chi connectivity index (χ0) is 10.3. The van der Waals surface area contributed by atoms with Gasteiger partial charge >= 0.3 is 11.9 Å². The molecule has 3 N–H and O–H groups in total. The Kier molecular flexibility index (Phi) is 5.32. The maximum atomic E-state index is 10.9. The van der Waals surface area contributed by atoms with Gasteiger partial charge in [0.25, 0.3) is 0 Å².